The van der Waals surface area contributed by atoms with Crippen LogP contribution >= 0.6 is 0 Å². The lowest BCUT2D eigenvalue weighted by Gasteiger charge is -2.38. The van der Waals surface area contributed by atoms with Crippen molar-refractivity contribution in [3.8, 4) is 0 Å². The van der Waals surface area contributed by atoms with Gasteiger partial charge in [0.2, 0.25) is 0 Å². The fraction of sp³-hybridized carbons (Fsp3) is 0.933. The van der Waals surface area contributed by atoms with E-state index in [2.05, 4.69) is 18.7 Å². The molecule has 4 nitrogen and oxygen atoms in total. The molecular weight excluding hydrogens is 240 g/mol. The van der Waals surface area contributed by atoms with Crippen molar-refractivity contribution in [2.45, 2.75) is 70.6 Å². The van der Waals surface area contributed by atoms with E-state index in [-0.39, 0.29) is 18.1 Å². The Kier molecular flexibility index (Phi) is 5.22. The van der Waals surface area contributed by atoms with Gasteiger partial charge in [-0.1, -0.05) is 13.8 Å². The molecule has 2 N–H and O–H groups in total. The van der Waals surface area contributed by atoms with Crippen molar-refractivity contribution >= 4 is 5.91 Å². The highest BCUT2D eigenvalue weighted by Crippen LogP contribution is 2.27. The highest BCUT2D eigenvalue weighted by molar-refractivity contribution is 5.81. The second-order valence-corrected chi connectivity index (χ2v) is 6.37. The minimum absolute atomic E-state index is 0.0855. The van der Waals surface area contributed by atoms with Crippen LogP contribution in [0.25, 0.3) is 0 Å². The summed E-state index contributed by atoms with van der Waals surface area (Å²) in [5, 5.41) is 0. The molecule has 110 valence electrons. The summed E-state index contributed by atoms with van der Waals surface area (Å²) in [4.78, 5) is 14.7. The average molecular weight is 268 g/mol. The molecule has 0 spiro atoms. The zero-order valence-electron chi connectivity index (χ0n) is 12.3. The van der Waals surface area contributed by atoms with E-state index in [9.17, 15) is 4.79 Å². The van der Waals surface area contributed by atoms with Gasteiger partial charge in [0.25, 0.3) is 5.91 Å². The Morgan fingerprint density at radius 1 is 1.32 bits per heavy atom. The molecule has 2 aliphatic heterocycles. The van der Waals surface area contributed by atoms with Crippen molar-refractivity contribution < 1.29 is 9.53 Å². The van der Waals surface area contributed by atoms with E-state index in [4.69, 9.17) is 10.5 Å². The molecule has 0 aromatic heterocycles. The van der Waals surface area contributed by atoms with Gasteiger partial charge in [0, 0.05) is 19.1 Å². The summed E-state index contributed by atoms with van der Waals surface area (Å²) in [6, 6.07) is 0.418. The number of nitrogens with zero attached hydrogens (tertiary/aromatic N) is 1. The number of piperidine rings is 1. The van der Waals surface area contributed by atoms with Crippen molar-refractivity contribution in [2.75, 3.05) is 13.1 Å². The van der Waals surface area contributed by atoms with Crippen LogP contribution < -0.4 is 5.73 Å². The number of carbonyl (C=O) groups is 1. The Labute approximate surface area is 116 Å². The predicted molar refractivity (Wildman–Crippen MR) is 75.8 cm³/mol. The number of ether oxygens (including phenoxy) is 1. The molecule has 0 radical (unpaired) electrons. The average Bonchev–Trinajstić information content (AvgIpc) is 2.86. The first-order valence-corrected chi connectivity index (χ1v) is 7.77. The van der Waals surface area contributed by atoms with E-state index in [1.807, 2.05) is 0 Å². The fourth-order valence-electron chi connectivity index (χ4n) is 3.33. The first-order chi connectivity index (χ1) is 9.11. The van der Waals surface area contributed by atoms with Crippen LogP contribution in [0.1, 0.15) is 52.4 Å². The summed E-state index contributed by atoms with van der Waals surface area (Å²) in [5.74, 6) is 0.848. The van der Waals surface area contributed by atoms with E-state index in [1.165, 1.54) is 6.42 Å². The van der Waals surface area contributed by atoms with Gasteiger partial charge >= 0.3 is 0 Å². The third-order valence-corrected chi connectivity index (χ3v) is 4.30. The molecule has 0 aromatic carbocycles. The number of amides is 1. The zero-order chi connectivity index (χ0) is 13.8. The second kappa shape index (κ2) is 6.71. The van der Waals surface area contributed by atoms with Crippen molar-refractivity contribution in [3.05, 3.63) is 0 Å². The van der Waals surface area contributed by atoms with Crippen molar-refractivity contribution in [2.24, 2.45) is 11.7 Å². The molecule has 2 saturated heterocycles. The molecule has 0 bridgehead atoms. The predicted octanol–water partition coefficient (Wildman–Crippen LogP) is 1.92. The van der Waals surface area contributed by atoms with Gasteiger partial charge in [0.1, 0.15) is 6.10 Å². The maximum atomic E-state index is 12.6. The molecule has 2 fully saturated rings. The van der Waals surface area contributed by atoms with E-state index in [0.717, 1.165) is 38.6 Å². The molecule has 2 aliphatic rings. The SMILES string of the molecule is CC(C)CC1CCCCN1C(=O)[C@@H]1CC[C@H](CN)O1. The van der Waals surface area contributed by atoms with E-state index in [0.29, 0.717) is 18.5 Å². The normalized spacial score (nSPS) is 32.0. The maximum absolute atomic E-state index is 12.6. The molecule has 0 aliphatic carbocycles. The summed E-state index contributed by atoms with van der Waals surface area (Å²) in [6.45, 7) is 5.89. The highest BCUT2D eigenvalue weighted by atomic mass is 16.5. The number of rotatable bonds is 4. The lowest BCUT2D eigenvalue weighted by atomic mass is 9.93. The molecular formula is C15H28N2O2. The summed E-state index contributed by atoms with van der Waals surface area (Å²) >= 11 is 0. The number of likely N-dealkylation sites (tertiary alicyclic amines) is 1. The maximum Gasteiger partial charge on any atom is 0.251 e. The van der Waals surface area contributed by atoms with Crippen LogP contribution in [0.4, 0.5) is 0 Å². The van der Waals surface area contributed by atoms with Crippen LogP contribution in [0.15, 0.2) is 0 Å². The van der Waals surface area contributed by atoms with E-state index >= 15 is 0 Å². The van der Waals surface area contributed by atoms with Gasteiger partial charge in [0.05, 0.1) is 6.10 Å². The smallest absolute Gasteiger partial charge is 0.251 e. The Hall–Kier alpha value is -0.610. The zero-order valence-corrected chi connectivity index (χ0v) is 12.3. The second-order valence-electron chi connectivity index (χ2n) is 6.37. The van der Waals surface area contributed by atoms with Crippen molar-refractivity contribution in [1.82, 2.24) is 4.90 Å². The third kappa shape index (κ3) is 3.69. The van der Waals surface area contributed by atoms with Gasteiger partial charge in [-0.3, -0.25) is 4.79 Å². The summed E-state index contributed by atoms with van der Waals surface area (Å²) in [6.07, 6.45) is 6.26. The van der Waals surface area contributed by atoms with E-state index < -0.39 is 0 Å². The first kappa shape index (κ1) is 14.8. The molecule has 1 amide bonds. The molecule has 3 atom stereocenters. The molecule has 19 heavy (non-hydrogen) atoms. The summed E-state index contributed by atoms with van der Waals surface area (Å²) in [7, 11) is 0. The van der Waals surface area contributed by atoms with Crippen LogP contribution in [0.2, 0.25) is 0 Å². The lowest BCUT2D eigenvalue weighted by Crippen LogP contribution is -2.48. The Balaban J connectivity index is 1.95. The van der Waals surface area contributed by atoms with Gasteiger partial charge in [-0.15, -0.1) is 0 Å². The highest BCUT2D eigenvalue weighted by Gasteiger charge is 2.36. The number of carbonyl (C=O) groups excluding carboxylic acids is 1. The molecule has 2 rings (SSSR count). The van der Waals surface area contributed by atoms with Crippen LogP contribution in [0, 0.1) is 5.92 Å². The summed E-state index contributed by atoms with van der Waals surface area (Å²) in [5.41, 5.74) is 5.62. The quantitative estimate of drug-likeness (QED) is 0.847. The van der Waals surface area contributed by atoms with Gasteiger partial charge in [0.15, 0.2) is 0 Å². The topological polar surface area (TPSA) is 55.6 Å². The number of nitrogens with two attached hydrogens (primary N) is 1. The van der Waals surface area contributed by atoms with Crippen LogP contribution in [0.3, 0.4) is 0 Å². The number of hydrogen-bond donors (Lipinski definition) is 1. The third-order valence-electron chi connectivity index (χ3n) is 4.30. The molecule has 1 unspecified atom stereocenters. The van der Waals surface area contributed by atoms with Gasteiger partial charge < -0.3 is 15.4 Å². The summed E-state index contributed by atoms with van der Waals surface area (Å²) < 4.78 is 5.76. The lowest BCUT2D eigenvalue weighted by molar-refractivity contribution is -0.146. The van der Waals surface area contributed by atoms with Crippen LogP contribution in [-0.2, 0) is 9.53 Å². The van der Waals surface area contributed by atoms with E-state index in [1.54, 1.807) is 0 Å². The molecule has 4 heteroatoms. The monoisotopic (exact) mass is 268 g/mol. The van der Waals surface area contributed by atoms with Gasteiger partial charge in [-0.2, -0.15) is 0 Å². The van der Waals surface area contributed by atoms with Gasteiger partial charge in [-0.05, 0) is 44.4 Å². The van der Waals surface area contributed by atoms with Crippen LogP contribution in [-0.4, -0.2) is 42.1 Å². The Morgan fingerprint density at radius 3 is 2.74 bits per heavy atom. The Morgan fingerprint density at radius 2 is 2.11 bits per heavy atom. The fourth-order valence-corrected chi connectivity index (χ4v) is 3.33. The molecule has 0 saturated carbocycles. The van der Waals surface area contributed by atoms with Crippen molar-refractivity contribution in [1.29, 1.82) is 0 Å². The minimum Gasteiger partial charge on any atom is -0.364 e. The van der Waals surface area contributed by atoms with Crippen LogP contribution in [0.5, 0.6) is 0 Å². The standard InChI is InChI=1S/C15H28N2O2/c1-11(2)9-12-5-3-4-8-17(12)15(18)14-7-6-13(10-16)19-14/h11-14H,3-10,16H2,1-2H3/t12?,13-,14+/m1/s1. The van der Waals surface area contributed by atoms with Gasteiger partial charge in [-0.25, -0.2) is 0 Å². The largest absolute Gasteiger partial charge is 0.364 e. The number of hydrogen-bond acceptors (Lipinski definition) is 3. The molecule has 0 aromatic rings. The Bertz CT molecular complexity index is 307. The minimum atomic E-state index is -0.235. The molecule has 2 heterocycles. The first-order valence-electron chi connectivity index (χ1n) is 7.77. The van der Waals surface area contributed by atoms with Crippen molar-refractivity contribution in [3.63, 3.8) is 0 Å².